The molecule has 6 saturated heterocycles. The van der Waals surface area contributed by atoms with E-state index in [1.807, 2.05) is 24.3 Å². The maximum atomic E-state index is 13.9. The molecule has 2 unspecified atom stereocenters. The van der Waals surface area contributed by atoms with Crippen LogP contribution in [0.15, 0.2) is 105 Å². The average Bonchev–Trinajstić information content (AvgIpc) is 4.00. The summed E-state index contributed by atoms with van der Waals surface area (Å²) in [6.07, 6.45) is 26.1. The maximum absolute atomic E-state index is 13.9. The molecule has 16 heteroatoms. The predicted molar refractivity (Wildman–Crippen MR) is 297 cm³/mol. The van der Waals surface area contributed by atoms with Crippen molar-refractivity contribution in [3.63, 3.8) is 0 Å². The smallest absolute Gasteiger partial charge is 0.316 e. The van der Waals surface area contributed by atoms with Crippen LogP contribution >= 0.6 is 0 Å². The van der Waals surface area contributed by atoms with E-state index in [1.54, 1.807) is 26.0 Å². The van der Waals surface area contributed by atoms with Gasteiger partial charge in [-0.3, -0.25) is 9.59 Å². The fourth-order valence-electron chi connectivity index (χ4n) is 14.1. The maximum Gasteiger partial charge on any atom is 0.316 e. The number of allylic oxidation sites excluding steroid dienone is 8. The number of esters is 2. The summed E-state index contributed by atoms with van der Waals surface area (Å²) in [6.45, 7) is 21.0. The quantitative estimate of drug-likeness (QED) is 0.0833. The molecule has 79 heavy (non-hydrogen) atoms. The minimum atomic E-state index is -1.72. The van der Waals surface area contributed by atoms with E-state index in [2.05, 4.69) is 90.0 Å². The molecule has 0 amide bonds. The van der Waals surface area contributed by atoms with Gasteiger partial charge in [-0.1, -0.05) is 117 Å². The van der Waals surface area contributed by atoms with Crippen LogP contribution in [0.25, 0.3) is 0 Å². The van der Waals surface area contributed by atoms with Gasteiger partial charge in [-0.25, -0.2) is 0 Å². The minimum absolute atomic E-state index is 0.0431. The molecule has 8 aliphatic heterocycles. The average molecular weight is 1100 g/mol. The van der Waals surface area contributed by atoms with Crippen LogP contribution in [-0.2, 0) is 47.5 Å². The van der Waals surface area contributed by atoms with E-state index >= 15 is 0 Å². The van der Waals surface area contributed by atoms with Gasteiger partial charge >= 0.3 is 11.9 Å². The molecule has 0 aromatic carbocycles. The van der Waals surface area contributed by atoms with Crippen LogP contribution in [-0.4, -0.2) is 129 Å². The number of hydrogen-bond donors (Lipinski definition) is 4. The summed E-state index contributed by atoms with van der Waals surface area (Å²) in [5.74, 6) is -3.22. The van der Waals surface area contributed by atoms with Gasteiger partial charge in [0, 0.05) is 38.5 Å². The van der Waals surface area contributed by atoms with Crippen molar-refractivity contribution in [1.29, 1.82) is 0 Å². The van der Waals surface area contributed by atoms with Crippen LogP contribution in [0.5, 0.6) is 0 Å². The lowest BCUT2D eigenvalue weighted by Gasteiger charge is -2.49. The third kappa shape index (κ3) is 12.2. The van der Waals surface area contributed by atoms with Crippen molar-refractivity contribution in [2.24, 2.45) is 45.8 Å². The molecular weight excluding hydrogens is 1010 g/mol. The Bertz CT molecular complexity index is 2610. The van der Waals surface area contributed by atoms with E-state index in [0.717, 1.165) is 51.4 Å². The fourth-order valence-corrected chi connectivity index (χ4v) is 14.1. The zero-order valence-corrected chi connectivity index (χ0v) is 48.2. The Hall–Kier alpha value is -4.52. The lowest BCUT2D eigenvalue weighted by Crippen LogP contribution is -2.57. The summed E-state index contributed by atoms with van der Waals surface area (Å²) in [6, 6.07) is 0. The Labute approximate surface area is 467 Å². The highest BCUT2D eigenvalue weighted by Gasteiger charge is 2.61. The lowest BCUT2D eigenvalue weighted by atomic mass is 9.71. The second-order valence-electron chi connectivity index (χ2n) is 25.0. The third-order valence-electron chi connectivity index (χ3n) is 18.7. The van der Waals surface area contributed by atoms with Crippen molar-refractivity contribution < 1.29 is 68.1 Å². The first-order valence-electron chi connectivity index (χ1n) is 29.3. The zero-order valence-electron chi connectivity index (χ0n) is 48.2. The normalized spacial score (nSPS) is 47.4. The van der Waals surface area contributed by atoms with E-state index in [1.165, 1.54) is 11.1 Å². The molecule has 10 aliphatic rings. The Kier molecular flexibility index (Phi) is 18.1. The molecule has 2 aliphatic carbocycles. The number of hydrogen-bond acceptors (Lipinski definition) is 16. The van der Waals surface area contributed by atoms with Crippen molar-refractivity contribution in [3.05, 3.63) is 94.2 Å². The van der Waals surface area contributed by atoms with Crippen molar-refractivity contribution in [3.8, 4) is 0 Å². The molecule has 8 heterocycles. The molecule has 434 valence electrons. The van der Waals surface area contributed by atoms with E-state index in [0.29, 0.717) is 66.2 Å². The van der Waals surface area contributed by atoms with Gasteiger partial charge in [-0.15, -0.1) is 0 Å². The van der Waals surface area contributed by atoms with Crippen LogP contribution in [0.1, 0.15) is 153 Å². The molecule has 0 aromatic rings. The molecule has 0 radical (unpaired) electrons. The molecule has 2 spiro atoms. The third-order valence-corrected chi connectivity index (χ3v) is 18.7. The van der Waals surface area contributed by atoms with Gasteiger partial charge in [0.25, 0.3) is 0 Å². The number of aliphatic hydroxyl groups is 2. The molecule has 4 N–H and O–H groups in total. The van der Waals surface area contributed by atoms with Crippen LogP contribution in [0, 0.1) is 35.5 Å². The SMILES string of the molecule is CC1=C[C@H]2C(=O)O[C@H]3C[C@@H](C/C=C(\C)C[C@@H](C)/C=C/C=C4\CO[C@H](/C1=N/O)[C@@]42O)O[C@@]1(CCC(C)[C@@H](C)O1)C3.CC[C@H]1O[C@]2(CCC1C)C[C@@H]1C[C@@H](C/C=C(\C)C[C@@H](C)/C=C/C=C3\CO[C@@H]4/C(=N/O)C(C)=C[C@@H](C(=O)O1)[C@]34O)O2. The second-order valence-corrected chi connectivity index (χ2v) is 25.0. The van der Waals surface area contributed by atoms with Crippen LogP contribution in [0.3, 0.4) is 0 Å². The first kappa shape index (κ1) is 59.1. The van der Waals surface area contributed by atoms with Gasteiger partial charge in [0.15, 0.2) is 11.6 Å². The predicted octanol–water partition coefficient (Wildman–Crippen LogP) is 10.4. The Morgan fingerprint density at radius 3 is 1.48 bits per heavy atom. The summed E-state index contributed by atoms with van der Waals surface area (Å²) in [5.41, 5.74) is 1.84. The number of ether oxygens (including phenoxy) is 8. The largest absolute Gasteiger partial charge is 0.462 e. The molecule has 6 fully saturated rings. The molecule has 0 aromatic heterocycles. The number of fused-ring (bicyclic) bond motifs is 4. The van der Waals surface area contributed by atoms with Gasteiger partial charge in [-0.05, 0) is 126 Å². The summed E-state index contributed by atoms with van der Waals surface area (Å²) in [7, 11) is 0. The molecule has 0 saturated carbocycles. The zero-order chi connectivity index (χ0) is 56.6. The topological polar surface area (TPSA) is 214 Å². The summed E-state index contributed by atoms with van der Waals surface area (Å²) in [5, 5.41) is 50.5. The highest BCUT2D eigenvalue weighted by Crippen LogP contribution is 2.49. The van der Waals surface area contributed by atoms with Gasteiger partial charge in [-0.2, -0.15) is 0 Å². The van der Waals surface area contributed by atoms with Crippen LogP contribution in [0.4, 0.5) is 0 Å². The Balaban J connectivity index is 0.000000192. The molecule has 4 bridgehead atoms. The Morgan fingerprint density at radius 2 is 1.05 bits per heavy atom. The monoisotopic (exact) mass is 1100 g/mol. The summed E-state index contributed by atoms with van der Waals surface area (Å²) < 4.78 is 50.8. The highest BCUT2D eigenvalue weighted by molar-refractivity contribution is 6.07. The number of carbonyl (C=O) groups is 2. The van der Waals surface area contributed by atoms with Crippen molar-refractivity contribution in [2.45, 2.75) is 224 Å². The first-order chi connectivity index (χ1) is 37.6. The lowest BCUT2D eigenvalue weighted by molar-refractivity contribution is -0.335. The van der Waals surface area contributed by atoms with Crippen molar-refractivity contribution in [1.82, 2.24) is 0 Å². The molecule has 10 rings (SSSR count). The Morgan fingerprint density at radius 1 is 0.608 bits per heavy atom. The first-order valence-corrected chi connectivity index (χ1v) is 29.3. The number of oxime groups is 2. The fraction of sp³-hybridized carbons (Fsp3) is 0.683. The molecule has 16 nitrogen and oxygen atoms in total. The highest BCUT2D eigenvalue weighted by atomic mass is 16.7. The van der Waals surface area contributed by atoms with Crippen LogP contribution < -0.4 is 0 Å². The minimum Gasteiger partial charge on any atom is -0.462 e. The second kappa shape index (κ2) is 24.1. The summed E-state index contributed by atoms with van der Waals surface area (Å²) >= 11 is 0. The van der Waals surface area contributed by atoms with E-state index in [4.69, 9.17) is 37.9 Å². The van der Waals surface area contributed by atoms with Crippen LogP contribution in [0.2, 0.25) is 0 Å². The van der Waals surface area contributed by atoms with Gasteiger partial charge in [0.1, 0.15) is 58.9 Å². The molecule has 18 atom stereocenters. The number of carbonyl (C=O) groups excluding carboxylic acids is 2. The van der Waals surface area contributed by atoms with Gasteiger partial charge in [0.2, 0.25) is 0 Å². The van der Waals surface area contributed by atoms with E-state index in [9.17, 15) is 30.2 Å². The summed E-state index contributed by atoms with van der Waals surface area (Å²) in [4.78, 5) is 27.8. The number of rotatable bonds is 1. The van der Waals surface area contributed by atoms with Gasteiger partial charge < -0.3 is 58.5 Å². The van der Waals surface area contributed by atoms with Gasteiger partial charge in [0.05, 0.1) is 37.6 Å². The number of nitrogens with zero attached hydrogens (tertiary/aromatic N) is 2. The molecular formula is C63H88N2O14. The van der Waals surface area contributed by atoms with E-state index < -0.39 is 71.0 Å². The van der Waals surface area contributed by atoms with E-state index in [-0.39, 0.29) is 60.9 Å². The standard InChI is InChI=1S/C32H45NO7.C31H43NO7/c1-6-27-21(4)12-13-31(40-27)17-25-16-24(39-31)11-10-20(3)14-19(2)8-7-9-23-18-37-29-28(33-36)22(5)15-26(30(34)38-25)32(23,29)35;1-18-7-6-8-23-17-36-28-27(32-35)21(4)14-26(31(23,28)34)29(33)37-25-15-24(10-9-19(2)13-18)39-30(16-25)12-11-20(3)22(5)38-30/h7-10,15,19,21,24-27,29,35-36H,6,11-14,16-18H2,1-5H3;6-9,14,18,20,22,24-26,28,34-35H,10-13,15-17H2,1-5H3/b8-7+,20-10+,23-9+,33-28+;7-6+,19-9+,23-8+,32-27+/t19-,21?,24+,25-,26-,27+,29+,31+,32+;18-,20?,22+,24+,25-,26-,28+,30-,31+/m00/s1. The van der Waals surface area contributed by atoms with Crippen molar-refractivity contribution >= 4 is 23.4 Å². The van der Waals surface area contributed by atoms with Crippen molar-refractivity contribution in [2.75, 3.05) is 13.2 Å².